The molecule has 0 aliphatic carbocycles. The lowest BCUT2D eigenvalue weighted by Gasteiger charge is -2.21. The van der Waals surface area contributed by atoms with Crippen LogP contribution in [0.5, 0.6) is 0 Å². The van der Waals surface area contributed by atoms with E-state index in [1.54, 1.807) is 17.0 Å². The number of urea groups is 1. The maximum absolute atomic E-state index is 11.8. The number of halogens is 2. The van der Waals surface area contributed by atoms with Crippen molar-refractivity contribution in [3.8, 4) is 11.1 Å². The second kappa shape index (κ2) is 8.94. The summed E-state index contributed by atoms with van der Waals surface area (Å²) in [5.41, 5.74) is 9.94. The smallest absolute Gasteiger partial charge is 0.315 e. The van der Waals surface area contributed by atoms with Crippen LogP contribution >= 0.6 is 23.2 Å². The van der Waals surface area contributed by atoms with Gasteiger partial charge in [-0.3, -0.25) is 0 Å². The fraction of sp³-hybridized carbons (Fsp3) is 0.136. The zero-order valence-corrected chi connectivity index (χ0v) is 16.3. The quantitative estimate of drug-likeness (QED) is 0.561. The third-order valence-corrected chi connectivity index (χ3v) is 5.14. The Morgan fingerprint density at radius 3 is 2.07 bits per heavy atom. The van der Waals surface area contributed by atoms with E-state index in [9.17, 15) is 4.79 Å². The largest absolute Gasteiger partial charge is 0.351 e. The minimum absolute atomic E-state index is 0.397. The van der Waals surface area contributed by atoms with Crippen LogP contribution in [-0.2, 0) is 13.0 Å². The van der Waals surface area contributed by atoms with Crippen molar-refractivity contribution in [1.29, 1.82) is 0 Å². The van der Waals surface area contributed by atoms with Crippen molar-refractivity contribution in [1.82, 2.24) is 4.90 Å². The molecule has 138 valence electrons. The summed E-state index contributed by atoms with van der Waals surface area (Å²) in [5.74, 6) is 0. The lowest BCUT2D eigenvalue weighted by molar-refractivity contribution is 0.205. The van der Waals surface area contributed by atoms with E-state index < -0.39 is 6.03 Å². The topological polar surface area (TPSA) is 46.3 Å². The van der Waals surface area contributed by atoms with Gasteiger partial charge in [-0.2, -0.15) is 0 Å². The van der Waals surface area contributed by atoms with Gasteiger partial charge in [0.05, 0.1) is 10.0 Å². The van der Waals surface area contributed by atoms with Crippen LogP contribution in [0.1, 0.15) is 11.1 Å². The van der Waals surface area contributed by atoms with E-state index in [0.717, 1.165) is 17.5 Å². The van der Waals surface area contributed by atoms with Crippen molar-refractivity contribution in [3.05, 3.63) is 94.0 Å². The molecule has 0 bridgehead atoms. The van der Waals surface area contributed by atoms with Gasteiger partial charge in [-0.05, 0) is 40.8 Å². The van der Waals surface area contributed by atoms with E-state index in [2.05, 4.69) is 36.4 Å². The van der Waals surface area contributed by atoms with Crippen LogP contribution in [0.4, 0.5) is 4.79 Å². The van der Waals surface area contributed by atoms with Gasteiger partial charge in [-0.15, -0.1) is 0 Å². The number of primary amides is 1. The van der Waals surface area contributed by atoms with Gasteiger partial charge in [0.1, 0.15) is 0 Å². The molecule has 0 radical (unpaired) electrons. The SMILES string of the molecule is NC(=O)N(CCc1ccc(-c2ccccc2)cc1)Cc1ccc(Cl)c(Cl)c1. The molecule has 3 aromatic carbocycles. The van der Waals surface area contributed by atoms with Gasteiger partial charge < -0.3 is 10.6 Å². The lowest BCUT2D eigenvalue weighted by atomic mass is 10.0. The zero-order valence-electron chi connectivity index (χ0n) is 14.7. The van der Waals surface area contributed by atoms with Crippen LogP contribution in [0, 0.1) is 0 Å². The zero-order chi connectivity index (χ0) is 19.2. The summed E-state index contributed by atoms with van der Waals surface area (Å²) in [6.45, 7) is 0.925. The Morgan fingerprint density at radius 1 is 0.815 bits per heavy atom. The summed E-state index contributed by atoms with van der Waals surface area (Å²) in [4.78, 5) is 13.4. The first-order valence-corrected chi connectivity index (χ1v) is 9.41. The summed E-state index contributed by atoms with van der Waals surface area (Å²) in [6, 6.07) is 23.5. The molecule has 0 unspecified atom stereocenters. The third-order valence-electron chi connectivity index (χ3n) is 4.40. The maximum Gasteiger partial charge on any atom is 0.315 e. The molecule has 0 atom stereocenters. The number of nitrogens with zero attached hydrogens (tertiary/aromatic N) is 1. The number of rotatable bonds is 6. The van der Waals surface area contributed by atoms with Crippen LogP contribution in [0.2, 0.25) is 10.0 Å². The summed E-state index contributed by atoms with van der Waals surface area (Å²) in [7, 11) is 0. The van der Waals surface area contributed by atoms with Gasteiger partial charge >= 0.3 is 6.03 Å². The average Bonchev–Trinajstić information content (AvgIpc) is 2.69. The summed E-state index contributed by atoms with van der Waals surface area (Å²) < 4.78 is 0. The van der Waals surface area contributed by atoms with Gasteiger partial charge in [0.25, 0.3) is 0 Å². The number of carbonyl (C=O) groups excluding carboxylic acids is 1. The Hall–Kier alpha value is -2.49. The second-order valence-electron chi connectivity index (χ2n) is 6.32. The normalized spacial score (nSPS) is 10.6. The minimum atomic E-state index is -0.457. The molecule has 3 rings (SSSR count). The molecule has 27 heavy (non-hydrogen) atoms. The highest BCUT2D eigenvalue weighted by molar-refractivity contribution is 6.42. The van der Waals surface area contributed by atoms with Gasteiger partial charge in [0, 0.05) is 13.1 Å². The summed E-state index contributed by atoms with van der Waals surface area (Å²) in [5, 5.41) is 0.958. The molecule has 0 aliphatic heterocycles. The van der Waals surface area contributed by atoms with Crippen molar-refractivity contribution in [2.24, 2.45) is 5.73 Å². The molecular weight excluding hydrogens is 379 g/mol. The Balaban J connectivity index is 1.64. The highest BCUT2D eigenvalue weighted by atomic mass is 35.5. The van der Waals surface area contributed by atoms with E-state index in [0.29, 0.717) is 23.1 Å². The van der Waals surface area contributed by atoms with Crippen molar-refractivity contribution >= 4 is 29.2 Å². The van der Waals surface area contributed by atoms with Crippen molar-refractivity contribution in [2.45, 2.75) is 13.0 Å². The fourth-order valence-electron chi connectivity index (χ4n) is 2.88. The third kappa shape index (κ3) is 5.25. The van der Waals surface area contributed by atoms with Crippen LogP contribution in [0.15, 0.2) is 72.8 Å². The molecule has 2 amide bonds. The molecule has 0 heterocycles. The van der Waals surface area contributed by atoms with E-state index in [1.807, 2.05) is 24.3 Å². The van der Waals surface area contributed by atoms with E-state index in [-0.39, 0.29) is 0 Å². The van der Waals surface area contributed by atoms with Crippen LogP contribution < -0.4 is 5.73 Å². The van der Waals surface area contributed by atoms with Crippen molar-refractivity contribution < 1.29 is 4.79 Å². The summed E-state index contributed by atoms with van der Waals surface area (Å²) in [6.07, 6.45) is 0.722. The van der Waals surface area contributed by atoms with E-state index in [4.69, 9.17) is 28.9 Å². The number of carbonyl (C=O) groups is 1. The van der Waals surface area contributed by atoms with E-state index in [1.165, 1.54) is 11.1 Å². The maximum atomic E-state index is 11.8. The van der Waals surface area contributed by atoms with Gasteiger partial charge in [-0.25, -0.2) is 4.79 Å². The number of nitrogens with two attached hydrogens (primary N) is 1. The predicted octanol–water partition coefficient (Wildman–Crippen LogP) is 5.78. The van der Waals surface area contributed by atoms with Crippen molar-refractivity contribution in [2.75, 3.05) is 6.54 Å². The molecule has 2 N–H and O–H groups in total. The molecular formula is C22H20Cl2N2O. The Labute approximate surface area is 169 Å². The fourth-order valence-corrected chi connectivity index (χ4v) is 3.20. The second-order valence-corrected chi connectivity index (χ2v) is 7.14. The molecule has 0 saturated heterocycles. The first kappa shape index (κ1) is 19.3. The Morgan fingerprint density at radius 2 is 1.44 bits per heavy atom. The molecule has 3 aromatic rings. The molecule has 5 heteroatoms. The molecule has 0 aromatic heterocycles. The predicted molar refractivity (Wildman–Crippen MR) is 112 cm³/mol. The van der Waals surface area contributed by atoms with Crippen molar-refractivity contribution in [3.63, 3.8) is 0 Å². The monoisotopic (exact) mass is 398 g/mol. The van der Waals surface area contributed by atoms with Gasteiger partial charge in [-0.1, -0.05) is 83.9 Å². The average molecular weight is 399 g/mol. The summed E-state index contributed by atoms with van der Waals surface area (Å²) >= 11 is 12.0. The van der Waals surface area contributed by atoms with Crippen LogP contribution in [0.25, 0.3) is 11.1 Å². The molecule has 0 aliphatic rings. The van der Waals surface area contributed by atoms with Crippen LogP contribution in [-0.4, -0.2) is 17.5 Å². The first-order valence-electron chi connectivity index (χ1n) is 8.65. The number of hydrogen-bond acceptors (Lipinski definition) is 1. The van der Waals surface area contributed by atoms with Gasteiger partial charge in [0.2, 0.25) is 0 Å². The highest BCUT2D eigenvalue weighted by Crippen LogP contribution is 2.23. The number of amides is 2. The number of benzene rings is 3. The first-order chi connectivity index (χ1) is 13.0. The molecule has 0 saturated carbocycles. The highest BCUT2D eigenvalue weighted by Gasteiger charge is 2.11. The molecule has 0 fully saturated rings. The lowest BCUT2D eigenvalue weighted by Crippen LogP contribution is -2.36. The molecule has 0 spiro atoms. The van der Waals surface area contributed by atoms with Gasteiger partial charge in [0.15, 0.2) is 0 Å². The Bertz CT molecular complexity index is 911. The standard InChI is InChI=1S/C22H20Cl2N2O/c23-20-11-8-17(14-21(20)24)15-26(22(25)27)13-12-16-6-9-19(10-7-16)18-4-2-1-3-5-18/h1-11,14H,12-13,15H2,(H2,25,27). The van der Waals surface area contributed by atoms with Crippen LogP contribution in [0.3, 0.4) is 0 Å². The number of hydrogen-bond donors (Lipinski definition) is 1. The minimum Gasteiger partial charge on any atom is -0.351 e. The Kier molecular flexibility index (Phi) is 6.38. The molecule has 3 nitrogen and oxygen atoms in total. The van der Waals surface area contributed by atoms with E-state index >= 15 is 0 Å².